The molecule has 5 heteroatoms. The molecule has 0 aromatic heterocycles. The van der Waals surface area contributed by atoms with E-state index < -0.39 is 5.41 Å². The average molecular weight is 419 g/mol. The van der Waals surface area contributed by atoms with Gasteiger partial charge in [-0.1, -0.05) is 60.7 Å². The highest BCUT2D eigenvalue weighted by Crippen LogP contribution is 2.48. The maximum atomic E-state index is 13.3. The Kier molecular flexibility index (Phi) is 5.30. The second kappa shape index (κ2) is 8.12. The fraction of sp³-hybridized carbons (Fsp3) is 0.462. The predicted octanol–water partition coefficient (Wildman–Crippen LogP) is 2.77. The predicted molar refractivity (Wildman–Crippen MR) is 121 cm³/mol. The molecule has 31 heavy (non-hydrogen) atoms. The van der Waals surface area contributed by atoms with Crippen LogP contribution in [0.2, 0.25) is 0 Å². The van der Waals surface area contributed by atoms with Crippen molar-refractivity contribution in [3.8, 4) is 0 Å². The van der Waals surface area contributed by atoms with Crippen molar-refractivity contribution in [2.24, 2.45) is 11.7 Å². The summed E-state index contributed by atoms with van der Waals surface area (Å²) in [6, 6.07) is 20.8. The second-order valence-corrected chi connectivity index (χ2v) is 9.21. The minimum Gasteiger partial charge on any atom is -0.369 e. The number of nitrogens with two attached hydrogens (primary N) is 1. The van der Waals surface area contributed by atoms with E-state index >= 15 is 0 Å². The van der Waals surface area contributed by atoms with E-state index in [-0.39, 0.29) is 11.8 Å². The van der Waals surface area contributed by atoms with E-state index in [9.17, 15) is 4.79 Å². The zero-order valence-electron chi connectivity index (χ0n) is 18.2. The lowest BCUT2D eigenvalue weighted by molar-refractivity contribution is -0.520. The number of hydrogen-bond donors (Lipinski definition) is 1. The molecule has 3 atom stereocenters. The van der Waals surface area contributed by atoms with Gasteiger partial charge in [0, 0.05) is 6.92 Å². The summed E-state index contributed by atoms with van der Waals surface area (Å²) < 4.78 is 7.90. The first kappa shape index (κ1) is 20.3. The first-order chi connectivity index (χ1) is 15.1. The molecule has 2 fully saturated rings. The number of benzene rings is 2. The van der Waals surface area contributed by atoms with Crippen LogP contribution in [0.25, 0.3) is 0 Å². The maximum Gasteiger partial charge on any atom is 0.244 e. The third-order valence-corrected chi connectivity index (χ3v) is 7.62. The molecule has 0 radical (unpaired) electrons. The summed E-state index contributed by atoms with van der Waals surface area (Å²) in [5, 5.41) is 0. The van der Waals surface area contributed by atoms with E-state index in [0.29, 0.717) is 12.1 Å². The Labute approximate surface area is 184 Å². The monoisotopic (exact) mass is 418 g/mol. The van der Waals surface area contributed by atoms with Gasteiger partial charge in [-0.3, -0.25) is 14.3 Å². The Balaban J connectivity index is 1.47. The molecule has 2 aromatic carbocycles. The minimum atomic E-state index is -0.799. The van der Waals surface area contributed by atoms with Crippen molar-refractivity contribution in [2.75, 3.05) is 26.2 Å². The van der Waals surface area contributed by atoms with Gasteiger partial charge in [-0.05, 0) is 36.3 Å². The number of hydrogen-bond acceptors (Lipinski definition) is 3. The number of primary amides is 1. The number of carbonyl (C=O) groups is 1. The fourth-order valence-electron chi connectivity index (χ4n) is 5.98. The Bertz CT molecular complexity index is 929. The lowest BCUT2D eigenvalue weighted by atomic mass is 9.64. The lowest BCUT2D eigenvalue weighted by Gasteiger charge is -2.37. The summed E-state index contributed by atoms with van der Waals surface area (Å²) in [5.41, 5.74) is 7.46. The number of nitrogens with zero attached hydrogens (tertiary/aromatic N) is 2. The fourth-order valence-corrected chi connectivity index (χ4v) is 5.98. The molecule has 1 amide bonds. The van der Waals surface area contributed by atoms with Gasteiger partial charge in [-0.25, -0.2) is 0 Å². The molecule has 162 valence electrons. The molecule has 0 spiro atoms. The molecule has 2 aliphatic heterocycles. The van der Waals surface area contributed by atoms with Gasteiger partial charge in [-0.15, -0.1) is 0 Å². The van der Waals surface area contributed by atoms with Crippen LogP contribution in [0.5, 0.6) is 0 Å². The Morgan fingerprint density at radius 2 is 1.71 bits per heavy atom. The standard InChI is InChI=1S/C26H31N3O2/c1-19-28(17-24-18-31-24)14-15-29(19)23-13-12-22(16-23)26(25(27)30,20-8-4-2-5-9-20)21-10-6-3-7-11-21/h2-11,22-24H,12-18H2,1H3,(H-,27,30)/p+1/t22-,23+,24?/m1/s1. The van der Waals surface area contributed by atoms with Gasteiger partial charge in [-0.2, -0.15) is 0 Å². The summed E-state index contributed by atoms with van der Waals surface area (Å²) in [5.74, 6) is 1.28. The number of epoxide rings is 1. The molecule has 2 N–H and O–H groups in total. The SMILES string of the molecule is CC1=[N+](CC2CO2)CCN1[C@H]1CC[C@@H](C(C(N)=O)(c2ccccc2)c2ccccc2)C1. The smallest absolute Gasteiger partial charge is 0.244 e. The molecule has 3 aliphatic rings. The largest absolute Gasteiger partial charge is 0.369 e. The van der Waals surface area contributed by atoms with Crippen molar-refractivity contribution in [2.45, 2.75) is 43.7 Å². The first-order valence-electron chi connectivity index (χ1n) is 11.5. The summed E-state index contributed by atoms with van der Waals surface area (Å²) in [4.78, 5) is 15.8. The zero-order valence-corrected chi connectivity index (χ0v) is 18.2. The van der Waals surface area contributed by atoms with Gasteiger partial charge in [0.1, 0.15) is 31.2 Å². The topological polar surface area (TPSA) is 61.9 Å². The number of amides is 1. The highest BCUT2D eigenvalue weighted by Gasteiger charge is 2.52. The van der Waals surface area contributed by atoms with E-state index in [1.54, 1.807) is 0 Å². The van der Waals surface area contributed by atoms with Crippen LogP contribution in [-0.2, 0) is 14.9 Å². The third-order valence-electron chi connectivity index (χ3n) is 7.62. The molecular weight excluding hydrogens is 386 g/mol. The molecule has 2 heterocycles. The van der Waals surface area contributed by atoms with Crippen LogP contribution in [-0.4, -0.2) is 59.6 Å². The van der Waals surface area contributed by atoms with Gasteiger partial charge in [0.05, 0.1) is 12.6 Å². The van der Waals surface area contributed by atoms with Gasteiger partial charge in [0.2, 0.25) is 11.7 Å². The highest BCUT2D eigenvalue weighted by molar-refractivity contribution is 5.91. The Hall–Kier alpha value is -2.66. The summed E-state index contributed by atoms with van der Waals surface area (Å²) >= 11 is 0. The molecule has 1 unspecified atom stereocenters. The molecule has 5 nitrogen and oxygen atoms in total. The van der Waals surface area contributed by atoms with Crippen LogP contribution >= 0.6 is 0 Å². The number of ether oxygens (including phenoxy) is 1. The van der Waals surface area contributed by atoms with Crippen LogP contribution in [0, 0.1) is 5.92 Å². The van der Waals surface area contributed by atoms with Crippen molar-refractivity contribution in [3.05, 3.63) is 71.8 Å². The number of rotatable bonds is 7. The average Bonchev–Trinajstić information content (AvgIpc) is 3.36. The van der Waals surface area contributed by atoms with Crippen LogP contribution in [0.4, 0.5) is 0 Å². The molecule has 5 rings (SSSR count). The highest BCUT2D eigenvalue weighted by atomic mass is 16.6. The normalized spacial score (nSPS) is 25.8. The van der Waals surface area contributed by atoms with E-state index in [1.165, 1.54) is 5.84 Å². The van der Waals surface area contributed by atoms with Crippen LogP contribution in [0.1, 0.15) is 37.3 Å². The lowest BCUT2D eigenvalue weighted by Crippen LogP contribution is -2.48. The van der Waals surface area contributed by atoms with E-state index in [2.05, 4.69) is 40.7 Å². The first-order valence-corrected chi connectivity index (χ1v) is 11.5. The molecule has 1 saturated heterocycles. The molecule has 1 saturated carbocycles. The zero-order chi connectivity index (χ0) is 21.4. The Morgan fingerprint density at radius 1 is 1.10 bits per heavy atom. The van der Waals surface area contributed by atoms with Crippen LogP contribution in [0.3, 0.4) is 0 Å². The number of amidine groups is 1. The third kappa shape index (κ3) is 3.55. The Morgan fingerprint density at radius 3 is 2.26 bits per heavy atom. The van der Waals surface area contributed by atoms with E-state index in [4.69, 9.17) is 10.5 Å². The van der Waals surface area contributed by atoms with Gasteiger partial charge < -0.3 is 10.5 Å². The van der Waals surface area contributed by atoms with Crippen LogP contribution in [0.15, 0.2) is 60.7 Å². The van der Waals surface area contributed by atoms with Gasteiger partial charge in [0.15, 0.2) is 0 Å². The maximum absolute atomic E-state index is 13.3. The van der Waals surface area contributed by atoms with Crippen molar-refractivity contribution in [1.29, 1.82) is 0 Å². The minimum absolute atomic E-state index is 0.174. The summed E-state index contributed by atoms with van der Waals surface area (Å²) in [6.45, 7) is 6.24. The summed E-state index contributed by atoms with van der Waals surface area (Å²) in [7, 11) is 0. The van der Waals surface area contributed by atoms with Crippen molar-refractivity contribution in [1.82, 2.24) is 4.90 Å². The molecule has 0 bridgehead atoms. The van der Waals surface area contributed by atoms with Crippen LogP contribution < -0.4 is 5.73 Å². The number of carbonyl (C=O) groups excluding carboxylic acids is 1. The second-order valence-electron chi connectivity index (χ2n) is 9.21. The van der Waals surface area contributed by atoms with Crippen molar-refractivity contribution >= 4 is 11.7 Å². The van der Waals surface area contributed by atoms with Gasteiger partial charge in [0.25, 0.3) is 0 Å². The molecular formula is C26H32N3O2+. The quantitative estimate of drug-likeness (QED) is 0.556. The molecule has 2 aromatic rings. The van der Waals surface area contributed by atoms with Crippen molar-refractivity contribution in [3.63, 3.8) is 0 Å². The van der Waals surface area contributed by atoms with E-state index in [1.807, 2.05) is 36.4 Å². The van der Waals surface area contributed by atoms with E-state index in [0.717, 1.165) is 56.6 Å². The molecule has 1 aliphatic carbocycles. The van der Waals surface area contributed by atoms with Crippen molar-refractivity contribution < 1.29 is 14.1 Å². The van der Waals surface area contributed by atoms with Gasteiger partial charge >= 0.3 is 0 Å². The summed E-state index contributed by atoms with van der Waals surface area (Å²) in [6.07, 6.45) is 3.46.